The maximum atomic E-state index is 12.7. The molecule has 0 saturated heterocycles. The molecule has 0 bridgehead atoms. The fraction of sp³-hybridized carbons (Fsp3) is 0.231. The van der Waals surface area contributed by atoms with Crippen molar-refractivity contribution in [2.45, 2.75) is 19.3 Å². The van der Waals surface area contributed by atoms with Gasteiger partial charge in [-0.3, -0.25) is 14.7 Å². The zero-order valence-corrected chi connectivity index (χ0v) is 9.70. The maximum Gasteiger partial charge on any atom is 0.310 e. The average Bonchev–Trinajstić information content (AvgIpc) is 2.36. The summed E-state index contributed by atoms with van der Waals surface area (Å²) in [6, 6.07) is 7.65. The van der Waals surface area contributed by atoms with Crippen LogP contribution in [0, 0.1) is 5.82 Å². The van der Waals surface area contributed by atoms with Crippen molar-refractivity contribution in [3.63, 3.8) is 0 Å². The molecule has 0 aliphatic heterocycles. The predicted octanol–water partition coefficient (Wildman–Crippen LogP) is 1.38. The highest BCUT2D eigenvalue weighted by molar-refractivity contribution is 5.16. The number of hydrogen-bond donors (Lipinski definition) is 2. The van der Waals surface area contributed by atoms with Gasteiger partial charge < -0.3 is 5.10 Å². The minimum atomic E-state index is -0.641. The fourth-order valence-electron chi connectivity index (χ4n) is 1.73. The second-order valence-corrected chi connectivity index (χ2v) is 4.09. The van der Waals surface area contributed by atoms with Crippen LogP contribution in [0.25, 0.3) is 0 Å². The normalized spacial score (nSPS) is 10.5. The highest BCUT2D eigenvalue weighted by Gasteiger charge is 1.99. The monoisotopic (exact) mass is 248 g/mol. The van der Waals surface area contributed by atoms with Gasteiger partial charge in [-0.25, -0.2) is 4.39 Å². The van der Waals surface area contributed by atoms with E-state index in [-0.39, 0.29) is 5.82 Å². The molecule has 94 valence electrons. The minimum Gasteiger partial charge on any atom is -0.302 e. The highest BCUT2D eigenvalue weighted by Crippen LogP contribution is 2.07. The summed E-state index contributed by atoms with van der Waals surface area (Å²) in [6.45, 7) is 0. The smallest absolute Gasteiger partial charge is 0.302 e. The molecule has 1 heterocycles. The molecule has 0 saturated carbocycles. The van der Waals surface area contributed by atoms with Gasteiger partial charge >= 0.3 is 5.56 Å². The summed E-state index contributed by atoms with van der Waals surface area (Å²) in [5, 5.41) is 4.96. The van der Waals surface area contributed by atoms with E-state index in [4.69, 9.17) is 0 Å². The molecular weight excluding hydrogens is 235 g/mol. The number of rotatable bonds is 4. The van der Waals surface area contributed by atoms with Crippen molar-refractivity contribution in [2.24, 2.45) is 0 Å². The Kier molecular flexibility index (Phi) is 3.72. The van der Waals surface area contributed by atoms with Crippen molar-refractivity contribution in [1.29, 1.82) is 0 Å². The first-order valence-corrected chi connectivity index (χ1v) is 5.70. The van der Waals surface area contributed by atoms with Gasteiger partial charge in [0.2, 0.25) is 5.43 Å². The van der Waals surface area contributed by atoms with E-state index in [1.165, 1.54) is 18.2 Å². The van der Waals surface area contributed by atoms with Crippen LogP contribution in [0.4, 0.5) is 4.39 Å². The molecule has 0 aliphatic carbocycles. The molecule has 0 radical (unpaired) electrons. The van der Waals surface area contributed by atoms with E-state index in [0.717, 1.165) is 18.4 Å². The molecule has 4 nitrogen and oxygen atoms in total. The van der Waals surface area contributed by atoms with E-state index in [0.29, 0.717) is 12.1 Å². The van der Waals surface area contributed by atoms with Gasteiger partial charge in [-0.2, -0.15) is 0 Å². The summed E-state index contributed by atoms with van der Waals surface area (Å²) >= 11 is 0. The number of benzene rings is 1. The zero-order chi connectivity index (χ0) is 13.0. The Hall–Kier alpha value is -2.17. The van der Waals surface area contributed by atoms with Gasteiger partial charge in [0.15, 0.2) is 0 Å². The van der Waals surface area contributed by atoms with Crippen LogP contribution in [-0.4, -0.2) is 10.2 Å². The van der Waals surface area contributed by atoms with Crippen molar-refractivity contribution >= 4 is 0 Å². The lowest BCUT2D eigenvalue weighted by Crippen LogP contribution is -2.27. The van der Waals surface area contributed by atoms with Crippen molar-refractivity contribution in [2.75, 3.05) is 0 Å². The Morgan fingerprint density at radius 3 is 2.39 bits per heavy atom. The van der Waals surface area contributed by atoms with Crippen LogP contribution >= 0.6 is 0 Å². The van der Waals surface area contributed by atoms with E-state index >= 15 is 0 Å². The first-order chi connectivity index (χ1) is 8.65. The summed E-state index contributed by atoms with van der Waals surface area (Å²) in [5.41, 5.74) is 0.563. The van der Waals surface area contributed by atoms with E-state index in [9.17, 15) is 14.0 Å². The maximum absolute atomic E-state index is 12.7. The molecule has 0 unspecified atom stereocenters. The summed E-state index contributed by atoms with van der Waals surface area (Å²) in [5.74, 6) is -0.247. The van der Waals surface area contributed by atoms with E-state index in [1.54, 1.807) is 12.1 Å². The van der Waals surface area contributed by atoms with Gasteiger partial charge in [-0.15, -0.1) is 0 Å². The first-order valence-electron chi connectivity index (χ1n) is 5.70. The van der Waals surface area contributed by atoms with Crippen LogP contribution in [0.2, 0.25) is 0 Å². The van der Waals surface area contributed by atoms with Gasteiger partial charge in [0.05, 0.1) is 0 Å². The Morgan fingerprint density at radius 1 is 1.00 bits per heavy atom. The lowest BCUT2D eigenvalue weighted by Gasteiger charge is -2.02. The number of hydrogen-bond acceptors (Lipinski definition) is 2. The third kappa shape index (κ3) is 3.16. The fourth-order valence-corrected chi connectivity index (χ4v) is 1.73. The van der Waals surface area contributed by atoms with Crippen LogP contribution in [0.5, 0.6) is 0 Å². The summed E-state index contributed by atoms with van der Waals surface area (Å²) in [6.07, 6.45) is 2.26. The van der Waals surface area contributed by atoms with E-state index < -0.39 is 11.0 Å². The quantitative estimate of drug-likeness (QED) is 0.803. The molecule has 0 atom stereocenters. The average molecular weight is 248 g/mol. The Balaban J connectivity index is 1.92. The van der Waals surface area contributed by atoms with Crippen molar-refractivity contribution in [1.82, 2.24) is 10.2 Å². The standard InChI is InChI=1S/C13H13FN2O2/c14-10-6-4-9(5-7-10)2-1-3-11-8-12(17)13(18)16-15-11/h4-8H,1-3H2,(H,15,17)(H,16,18). The van der Waals surface area contributed by atoms with Crippen LogP contribution in [-0.2, 0) is 12.8 Å². The molecule has 2 N–H and O–H groups in total. The van der Waals surface area contributed by atoms with Crippen molar-refractivity contribution in [3.8, 4) is 0 Å². The number of halogens is 1. The number of H-pyrrole nitrogens is 2. The molecule has 0 fully saturated rings. The van der Waals surface area contributed by atoms with E-state index in [2.05, 4.69) is 10.2 Å². The summed E-state index contributed by atoms with van der Waals surface area (Å²) < 4.78 is 12.7. The van der Waals surface area contributed by atoms with Crippen LogP contribution < -0.4 is 11.0 Å². The lowest BCUT2D eigenvalue weighted by molar-refractivity contribution is 0.626. The molecular formula is C13H13FN2O2. The largest absolute Gasteiger partial charge is 0.310 e. The predicted molar refractivity (Wildman–Crippen MR) is 66.1 cm³/mol. The van der Waals surface area contributed by atoms with Crippen molar-refractivity contribution in [3.05, 3.63) is 68.0 Å². The van der Waals surface area contributed by atoms with Gasteiger partial charge in [0, 0.05) is 11.8 Å². The van der Waals surface area contributed by atoms with Crippen LogP contribution in [0.15, 0.2) is 39.9 Å². The van der Waals surface area contributed by atoms with Gasteiger partial charge in [0.25, 0.3) is 0 Å². The molecule has 5 heteroatoms. The van der Waals surface area contributed by atoms with Gasteiger partial charge in [-0.1, -0.05) is 12.1 Å². The van der Waals surface area contributed by atoms with Crippen LogP contribution in [0.1, 0.15) is 17.7 Å². The van der Waals surface area contributed by atoms with Crippen LogP contribution in [0.3, 0.4) is 0 Å². The second kappa shape index (κ2) is 5.44. The number of aryl methyl sites for hydroxylation is 2. The molecule has 0 aliphatic rings. The Labute approximate surface area is 102 Å². The SMILES string of the molecule is O=c1cc(CCCc2ccc(F)cc2)[nH][nH]c1=O. The topological polar surface area (TPSA) is 65.7 Å². The third-order valence-electron chi connectivity index (χ3n) is 2.69. The Bertz CT molecular complexity index is 628. The van der Waals surface area contributed by atoms with Gasteiger partial charge in [0.1, 0.15) is 5.82 Å². The zero-order valence-electron chi connectivity index (χ0n) is 9.70. The number of nitrogens with one attached hydrogen (secondary N) is 2. The van der Waals surface area contributed by atoms with Crippen molar-refractivity contribution < 1.29 is 4.39 Å². The molecule has 2 rings (SSSR count). The number of aromatic nitrogens is 2. The Morgan fingerprint density at radius 2 is 1.72 bits per heavy atom. The molecule has 18 heavy (non-hydrogen) atoms. The lowest BCUT2D eigenvalue weighted by atomic mass is 10.1. The van der Waals surface area contributed by atoms with Gasteiger partial charge in [-0.05, 0) is 37.0 Å². The summed E-state index contributed by atoms with van der Waals surface area (Å²) in [7, 11) is 0. The van der Waals surface area contributed by atoms with E-state index in [1.807, 2.05) is 0 Å². The highest BCUT2D eigenvalue weighted by atomic mass is 19.1. The molecule has 2 aromatic rings. The number of aromatic amines is 2. The third-order valence-corrected chi connectivity index (χ3v) is 2.69. The molecule has 0 amide bonds. The molecule has 0 spiro atoms. The minimum absolute atomic E-state index is 0.247. The molecule has 1 aromatic heterocycles. The second-order valence-electron chi connectivity index (χ2n) is 4.09. The first kappa shape index (κ1) is 12.3. The summed E-state index contributed by atoms with van der Waals surface area (Å²) in [4.78, 5) is 22.0. The molecule has 1 aromatic carbocycles.